The van der Waals surface area contributed by atoms with Gasteiger partial charge in [-0.1, -0.05) is 13.3 Å². The lowest BCUT2D eigenvalue weighted by Gasteiger charge is -2.57. The van der Waals surface area contributed by atoms with Crippen LogP contribution in [0.4, 0.5) is 0 Å². The lowest BCUT2D eigenvalue weighted by atomic mass is 9.51. The van der Waals surface area contributed by atoms with Gasteiger partial charge in [0.1, 0.15) is 0 Å². The van der Waals surface area contributed by atoms with Crippen LogP contribution in [0.1, 0.15) is 59.8 Å². The smallest absolute Gasteiger partial charge is 0.0653 e. The van der Waals surface area contributed by atoms with Gasteiger partial charge in [-0.05, 0) is 57.8 Å². The topological polar surface area (TPSA) is 60.7 Å². The van der Waals surface area contributed by atoms with Crippen LogP contribution in [0.15, 0.2) is 0 Å². The molecule has 3 nitrogen and oxygen atoms in total. The first kappa shape index (κ1) is 14.3. The van der Waals surface area contributed by atoms with E-state index in [0.717, 1.165) is 19.3 Å². The first-order valence-corrected chi connectivity index (χ1v) is 7.19. The molecular weight excluding hydrogens is 228 g/mol. The van der Waals surface area contributed by atoms with Crippen LogP contribution in [0.3, 0.4) is 0 Å². The Morgan fingerprint density at radius 1 is 1.17 bits per heavy atom. The number of hydrogen-bond acceptors (Lipinski definition) is 3. The maximum Gasteiger partial charge on any atom is 0.0653 e. The molecule has 3 N–H and O–H groups in total. The van der Waals surface area contributed by atoms with E-state index < -0.39 is 17.3 Å². The molecule has 0 spiro atoms. The van der Waals surface area contributed by atoms with Crippen molar-refractivity contribution in [2.75, 3.05) is 0 Å². The Morgan fingerprint density at radius 2 is 1.78 bits per heavy atom. The standard InChI is InChI=1S/C15H28O3/c1-13(2,17)10-8-12-14(3,9-11(10)16)6-5-7-15(12,4)18/h10-12,16-18H,5-9H2,1-4H3/t10-,11+,12+,14+,15+/m1/s1. The minimum atomic E-state index is -0.881. The summed E-state index contributed by atoms with van der Waals surface area (Å²) in [5.41, 5.74) is -1.52. The van der Waals surface area contributed by atoms with Gasteiger partial charge in [-0.3, -0.25) is 0 Å². The molecule has 2 saturated carbocycles. The molecule has 0 aromatic heterocycles. The van der Waals surface area contributed by atoms with Crippen molar-refractivity contribution in [3.63, 3.8) is 0 Å². The van der Waals surface area contributed by atoms with Crippen molar-refractivity contribution < 1.29 is 15.3 Å². The van der Waals surface area contributed by atoms with Crippen LogP contribution < -0.4 is 0 Å². The quantitative estimate of drug-likeness (QED) is 0.673. The number of rotatable bonds is 1. The van der Waals surface area contributed by atoms with E-state index in [0.29, 0.717) is 12.8 Å². The van der Waals surface area contributed by atoms with Gasteiger partial charge in [0.25, 0.3) is 0 Å². The van der Waals surface area contributed by atoms with Crippen LogP contribution in [-0.2, 0) is 0 Å². The van der Waals surface area contributed by atoms with Gasteiger partial charge in [-0.2, -0.15) is 0 Å². The van der Waals surface area contributed by atoms with Crippen molar-refractivity contribution in [1.82, 2.24) is 0 Å². The van der Waals surface area contributed by atoms with Gasteiger partial charge in [0.15, 0.2) is 0 Å². The Balaban J connectivity index is 2.28. The highest BCUT2D eigenvalue weighted by Crippen LogP contribution is 2.56. The van der Waals surface area contributed by atoms with E-state index in [2.05, 4.69) is 6.92 Å². The van der Waals surface area contributed by atoms with E-state index in [1.807, 2.05) is 6.92 Å². The molecule has 18 heavy (non-hydrogen) atoms. The molecule has 2 aliphatic carbocycles. The maximum absolute atomic E-state index is 10.6. The van der Waals surface area contributed by atoms with Crippen LogP contribution in [-0.4, -0.2) is 32.6 Å². The van der Waals surface area contributed by atoms with E-state index in [9.17, 15) is 15.3 Å². The highest BCUT2D eigenvalue weighted by molar-refractivity contribution is 5.05. The maximum atomic E-state index is 10.6. The van der Waals surface area contributed by atoms with Crippen LogP contribution in [0.2, 0.25) is 0 Å². The third kappa shape index (κ3) is 2.33. The molecule has 2 rings (SSSR count). The van der Waals surface area contributed by atoms with Gasteiger partial charge in [0.05, 0.1) is 17.3 Å². The third-order valence-corrected chi connectivity index (χ3v) is 5.56. The second-order valence-corrected chi connectivity index (χ2v) is 7.68. The Bertz CT molecular complexity index is 318. The second-order valence-electron chi connectivity index (χ2n) is 7.68. The summed E-state index contributed by atoms with van der Waals surface area (Å²) < 4.78 is 0. The van der Waals surface area contributed by atoms with E-state index in [1.165, 1.54) is 0 Å². The van der Waals surface area contributed by atoms with Gasteiger partial charge < -0.3 is 15.3 Å². The molecule has 3 heteroatoms. The predicted molar refractivity (Wildman–Crippen MR) is 71.1 cm³/mol. The van der Waals surface area contributed by atoms with Gasteiger partial charge in [0, 0.05) is 5.92 Å². The Kier molecular flexibility index (Phi) is 3.33. The van der Waals surface area contributed by atoms with Gasteiger partial charge in [-0.25, -0.2) is 0 Å². The molecule has 2 aliphatic rings. The van der Waals surface area contributed by atoms with Crippen LogP contribution in [0.5, 0.6) is 0 Å². The van der Waals surface area contributed by atoms with Crippen LogP contribution in [0.25, 0.3) is 0 Å². The summed E-state index contributed by atoms with van der Waals surface area (Å²) in [6.45, 7) is 7.64. The number of aliphatic hydroxyl groups is 3. The fraction of sp³-hybridized carbons (Fsp3) is 1.00. The zero-order chi connectivity index (χ0) is 13.8. The lowest BCUT2D eigenvalue weighted by Crippen LogP contribution is -2.57. The zero-order valence-electron chi connectivity index (χ0n) is 12.1. The van der Waals surface area contributed by atoms with Crippen molar-refractivity contribution in [2.24, 2.45) is 17.3 Å². The van der Waals surface area contributed by atoms with E-state index >= 15 is 0 Å². The van der Waals surface area contributed by atoms with Crippen molar-refractivity contribution in [3.8, 4) is 0 Å². The molecule has 0 amide bonds. The summed E-state index contributed by atoms with van der Waals surface area (Å²) in [6.07, 6.45) is 3.89. The third-order valence-electron chi connectivity index (χ3n) is 5.56. The first-order valence-electron chi connectivity index (χ1n) is 7.19. The molecular formula is C15H28O3. The van der Waals surface area contributed by atoms with Crippen molar-refractivity contribution in [2.45, 2.75) is 77.1 Å². The molecule has 0 unspecified atom stereocenters. The number of fused-ring (bicyclic) bond motifs is 1. The normalized spacial score (nSPS) is 49.8. The van der Waals surface area contributed by atoms with Crippen molar-refractivity contribution in [3.05, 3.63) is 0 Å². The number of hydrogen-bond donors (Lipinski definition) is 3. The van der Waals surface area contributed by atoms with E-state index in [-0.39, 0.29) is 17.3 Å². The Labute approximate surface area is 110 Å². The fourth-order valence-electron chi connectivity index (χ4n) is 4.52. The van der Waals surface area contributed by atoms with Crippen molar-refractivity contribution in [1.29, 1.82) is 0 Å². The zero-order valence-corrected chi connectivity index (χ0v) is 12.1. The molecule has 106 valence electrons. The SMILES string of the molecule is CC(C)(O)[C@@H]1C[C@H]2[C@@](C)(CCC[C@]2(C)O)C[C@@H]1O. The predicted octanol–water partition coefficient (Wildman–Crippen LogP) is 2.09. The molecule has 0 bridgehead atoms. The monoisotopic (exact) mass is 256 g/mol. The minimum Gasteiger partial charge on any atom is -0.393 e. The summed E-state index contributed by atoms with van der Waals surface area (Å²) in [7, 11) is 0. The van der Waals surface area contributed by atoms with Crippen LogP contribution in [0, 0.1) is 17.3 Å². The fourth-order valence-corrected chi connectivity index (χ4v) is 4.52. The molecule has 0 aromatic rings. The molecule has 0 aliphatic heterocycles. The first-order chi connectivity index (χ1) is 8.06. The summed E-state index contributed by atoms with van der Waals surface area (Å²) >= 11 is 0. The number of aliphatic hydroxyl groups excluding tert-OH is 1. The summed E-state index contributed by atoms with van der Waals surface area (Å²) in [4.78, 5) is 0. The minimum absolute atomic E-state index is 0.0168. The molecule has 0 saturated heterocycles. The second kappa shape index (κ2) is 4.19. The largest absolute Gasteiger partial charge is 0.393 e. The Hall–Kier alpha value is -0.120. The molecule has 2 fully saturated rings. The molecule has 0 radical (unpaired) electrons. The van der Waals surface area contributed by atoms with Gasteiger partial charge >= 0.3 is 0 Å². The lowest BCUT2D eigenvalue weighted by molar-refractivity contribution is -0.176. The molecule has 5 atom stereocenters. The highest BCUT2D eigenvalue weighted by atomic mass is 16.3. The van der Waals surface area contributed by atoms with Gasteiger partial charge in [-0.15, -0.1) is 0 Å². The summed E-state index contributed by atoms with van der Waals surface area (Å²) in [5, 5.41) is 31.2. The molecule has 0 aromatic carbocycles. The molecule has 0 heterocycles. The Morgan fingerprint density at radius 3 is 2.33 bits per heavy atom. The van der Waals surface area contributed by atoms with Gasteiger partial charge in [0.2, 0.25) is 0 Å². The highest BCUT2D eigenvalue weighted by Gasteiger charge is 2.55. The average molecular weight is 256 g/mol. The van der Waals surface area contributed by atoms with E-state index in [1.54, 1.807) is 13.8 Å². The van der Waals surface area contributed by atoms with Crippen LogP contribution >= 0.6 is 0 Å². The van der Waals surface area contributed by atoms with E-state index in [4.69, 9.17) is 0 Å². The summed E-state index contributed by atoms with van der Waals surface area (Å²) in [6, 6.07) is 0. The average Bonchev–Trinajstić information content (AvgIpc) is 2.12. The summed E-state index contributed by atoms with van der Waals surface area (Å²) in [5.74, 6) is 0.0405. The van der Waals surface area contributed by atoms with Crippen molar-refractivity contribution >= 4 is 0 Å².